The lowest BCUT2D eigenvalue weighted by molar-refractivity contribution is -0.150. The summed E-state index contributed by atoms with van der Waals surface area (Å²) in [4.78, 5) is 24.7. The Bertz CT molecular complexity index is 333. The Kier molecular flexibility index (Phi) is 3.35. The summed E-state index contributed by atoms with van der Waals surface area (Å²) in [5.74, 6) is -1.15. The van der Waals surface area contributed by atoms with Crippen LogP contribution in [0, 0.1) is 5.92 Å². The van der Waals surface area contributed by atoms with E-state index in [1.54, 1.807) is 0 Å². The van der Waals surface area contributed by atoms with Gasteiger partial charge in [0.1, 0.15) is 6.04 Å². The maximum absolute atomic E-state index is 12.1. The molecule has 2 heterocycles. The number of carboxylic acid groups (broad SMARTS) is 1. The third-order valence-electron chi connectivity index (χ3n) is 3.64. The number of hydrogen-bond donors (Lipinski definition) is 3. The van der Waals surface area contributed by atoms with Crippen LogP contribution in [0.25, 0.3) is 0 Å². The first-order valence-corrected chi connectivity index (χ1v) is 5.95. The number of nitrogens with one attached hydrogen (secondary N) is 1. The summed E-state index contributed by atoms with van der Waals surface area (Å²) < 4.78 is 0. The van der Waals surface area contributed by atoms with Gasteiger partial charge in [-0.3, -0.25) is 4.79 Å². The van der Waals surface area contributed by atoms with Gasteiger partial charge in [0.2, 0.25) is 5.91 Å². The first-order valence-electron chi connectivity index (χ1n) is 5.95. The second-order valence-corrected chi connectivity index (χ2v) is 4.93. The van der Waals surface area contributed by atoms with Crippen LogP contribution in [-0.2, 0) is 9.59 Å². The number of carbonyl (C=O) groups excluding carboxylic acids is 1. The van der Waals surface area contributed by atoms with E-state index in [0.29, 0.717) is 19.5 Å². The van der Waals surface area contributed by atoms with Crippen LogP contribution in [-0.4, -0.2) is 58.3 Å². The standard InChI is InChI=1S/C11H18N2O4/c1-6-2-3-13(9(6)11(16)17)10(15)8-4-7(14)5-12-8/h6-9,12,14H,2-5H2,1H3,(H,16,17). The fraction of sp³-hybridized carbons (Fsp3) is 0.818. The molecule has 2 rings (SSSR count). The van der Waals surface area contributed by atoms with Gasteiger partial charge < -0.3 is 20.4 Å². The molecule has 2 aliphatic heterocycles. The van der Waals surface area contributed by atoms with Crippen LogP contribution in [0.3, 0.4) is 0 Å². The van der Waals surface area contributed by atoms with Gasteiger partial charge in [-0.25, -0.2) is 4.79 Å². The monoisotopic (exact) mass is 242 g/mol. The molecule has 3 N–H and O–H groups in total. The van der Waals surface area contributed by atoms with E-state index in [2.05, 4.69) is 5.32 Å². The Labute approximate surface area is 99.6 Å². The van der Waals surface area contributed by atoms with Crippen LogP contribution in [0.15, 0.2) is 0 Å². The van der Waals surface area contributed by atoms with Crippen LogP contribution < -0.4 is 5.32 Å². The van der Waals surface area contributed by atoms with Crippen LogP contribution >= 0.6 is 0 Å². The van der Waals surface area contributed by atoms with Gasteiger partial charge in [-0.1, -0.05) is 6.92 Å². The lowest BCUT2D eigenvalue weighted by Gasteiger charge is -2.26. The van der Waals surface area contributed by atoms with E-state index in [0.717, 1.165) is 6.42 Å². The number of β-amino-alcohol motifs (C(OH)–C–C–N with tert-alkyl or cyclic N) is 1. The number of carboxylic acids is 1. The van der Waals surface area contributed by atoms with E-state index in [1.165, 1.54) is 4.90 Å². The van der Waals surface area contributed by atoms with Gasteiger partial charge in [-0.15, -0.1) is 0 Å². The van der Waals surface area contributed by atoms with Crippen molar-refractivity contribution in [3.05, 3.63) is 0 Å². The number of rotatable bonds is 2. The van der Waals surface area contributed by atoms with Gasteiger partial charge in [-0.2, -0.15) is 0 Å². The van der Waals surface area contributed by atoms with E-state index in [-0.39, 0.29) is 11.8 Å². The number of nitrogens with zero attached hydrogens (tertiary/aromatic N) is 1. The average molecular weight is 242 g/mol. The highest BCUT2D eigenvalue weighted by Crippen LogP contribution is 2.26. The topological polar surface area (TPSA) is 89.9 Å². The lowest BCUT2D eigenvalue weighted by Crippen LogP contribution is -2.49. The molecule has 2 aliphatic rings. The third kappa shape index (κ3) is 2.28. The first-order chi connectivity index (χ1) is 8.00. The largest absolute Gasteiger partial charge is 0.480 e. The molecule has 0 spiro atoms. The van der Waals surface area contributed by atoms with Gasteiger partial charge in [0.25, 0.3) is 0 Å². The highest BCUT2D eigenvalue weighted by Gasteiger charge is 2.42. The summed E-state index contributed by atoms with van der Waals surface area (Å²) in [7, 11) is 0. The molecule has 6 nitrogen and oxygen atoms in total. The fourth-order valence-electron chi connectivity index (χ4n) is 2.68. The van der Waals surface area contributed by atoms with Crippen molar-refractivity contribution in [1.29, 1.82) is 0 Å². The van der Waals surface area contributed by atoms with Crippen LogP contribution in [0.1, 0.15) is 19.8 Å². The molecular weight excluding hydrogens is 224 g/mol. The van der Waals surface area contributed by atoms with Gasteiger partial charge in [0.15, 0.2) is 0 Å². The Balaban J connectivity index is 2.06. The Morgan fingerprint density at radius 3 is 2.65 bits per heavy atom. The molecule has 2 fully saturated rings. The van der Waals surface area contributed by atoms with Crippen LogP contribution in [0.5, 0.6) is 0 Å². The van der Waals surface area contributed by atoms with Gasteiger partial charge in [-0.05, 0) is 18.8 Å². The van der Waals surface area contributed by atoms with Gasteiger partial charge in [0, 0.05) is 13.1 Å². The molecule has 0 radical (unpaired) electrons. The second kappa shape index (κ2) is 4.62. The maximum Gasteiger partial charge on any atom is 0.326 e. The highest BCUT2D eigenvalue weighted by molar-refractivity contribution is 5.88. The number of hydrogen-bond acceptors (Lipinski definition) is 4. The minimum Gasteiger partial charge on any atom is -0.480 e. The molecule has 1 amide bonds. The summed E-state index contributed by atoms with van der Waals surface area (Å²) in [6.45, 7) is 2.74. The minimum atomic E-state index is -0.943. The van der Waals surface area contributed by atoms with Crippen molar-refractivity contribution in [2.24, 2.45) is 5.92 Å². The van der Waals surface area contributed by atoms with Crippen LogP contribution in [0.4, 0.5) is 0 Å². The Morgan fingerprint density at radius 1 is 1.41 bits per heavy atom. The van der Waals surface area contributed by atoms with Crippen molar-refractivity contribution in [3.63, 3.8) is 0 Å². The maximum atomic E-state index is 12.1. The SMILES string of the molecule is CC1CCN(C(=O)C2CC(O)CN2)C1C(=O)O. The minimum absolute atomic E-state index is 0.0113. The highest BCUT2D eigenvalue weighted by atomic mass is 16.4. The van der Waals surface area contributed by atoms with E-state index >= 15 is 0 Å². The molecule has 6 heteroatoms. The summed E-state index contributed by atoms with van der Waals surface area (Å²) in [5.41, 5.74) is 0. The number of aliphatic carboxylic acids is 1. The predicted octanol–water partition coefficient (Wildman–Crippen LogP) is -0.969. The molecule has 17 heavy (non-hydrogen) atoms. The normalized spacial score (nSPS) is 37.4. The summed E-state index contributed by atoms with van der Waals surface area (Å²) in [6.07, 6.45) is 0.584. The van der Waals surface area contributed by atoms with E-state index < -0.39 is 24.2 Å². The van der Waals surface area contributed by atoms with Crippen molar-refractivity contribution in [1.82, 2.24) is 10.2 Å². The quantitative estimate of drug-likeness (QED) is 0.580. The molecule has 0 aromatic rings. The van der Waals surface area contributed by atoms with Crippen molar-refractivity contribution in [2.75, 3.05) is 13.1 Å². The zero-order valence-electron chi connectivity index (χ0n) is 9.80. The summed E-state index contributed by atoms with van der Waals surface area (Å²) in [5, 5.41) is 21.4. The number of aliphatic hydroxyl groups is 1. The van der Waals surface area contributed by atoms with Gasteiger partial charge in [0.05, 0.1) is 12.1 Å². The number of amides is 1. The van der Waals surface area contributed by atoms with E-state index in [4.69, 9.17) is 5.11 Å². The lowest BCUT2D eigenvalue weighted by atomic mass is 10.0. The zero-order chi connectivity index (χ0) is 12.6. The average Bonchev–Trinajstić information content (AvgIpc) is 2.83. The van der Waals surface area contributed by atoms with Gasteiger partial charge >= 0.3 is 5.97 Å². The van der Waals surface area contributed by atoms with E-state index in [9.17, 15) is 14.7 Å². The van der Waals surface area contributed by atoms with Crippen molar-refractivity contribution in [2.45, 2.75) is 38.0 Å². The smallest absolute Gasteiger partial charge is 0.326 e. The molecule has 2 saturated heterocycles. The van der Waals surface area contributed by atoms with E-state index in [1.807, 2.05) is 6.92 Å². The molecule has 0 aromatic carbocycles. The Morgan fingerprint density at radius 2 is 2.12 bits per heavy atom. The first kappa shape index (κ1) is 12.3. The Hall–Kier alpha value is -1.14. The van der Waals surface area contributed by atoms with Crippen LogP contribution in [0.2, 0.25) is 0 Å². The molecule has 4 unspecified atom stereocenters. The third-order valence-corrected chi connectivity index (χ3v) is 3.64. The number of likely N-dealkylation sites (tertiary alicyclic amines) is 1. The molecular formula is C11H18N2O4. The molecule has 0 saturated carbocycles. The molecule has 96 valence electrons. The molecule has 0 bridgehead atoms. The molecule has 0 aromatic heterocycles. The predicted molar refractivity (Wildman–Crippen MR) is 59.3 cm³/mol. The summed E-state index contributed by atoms with van der Waals surface area (Å²) in [6, 6.07) is -1.15. The number of aliphatic hydroxyl groups excluding tert-OH is 1. The van der Waals surface area contributed by atoms with Crippen molar-refractivity contribution < 1.29 is 19.8 Å². The van der Waals surface area contributed by atoms with Crippen molar-refractivity contribution in [3.8, 4) is 0 Å². The fourth-order valence-corrected chi connectivity index (χ4v) is 2.68. The molecule has 4 atom stereocenters. The van der Waals surface area contributed by atoms with Crippen molar-refractivity contribution >= 4 is 11.9 Å². The zero-order valence-corrected chi connectivity index (χ0v) is 9.80. The second-order valence-electron chi connectivity index (χ2n) is 4.93. The number of carbonyl (C=O) groups is 2. The summed E-state index contributed by atoms with van der Waals surface area (Å²) >= 11 is 0. The molecule has 0 aliphatic carbocycles.